The molecule has 0 aliphatic carbocycles. The highest BCUT2D eigenvalue weighted by Crippen LogP contribution is 2.29. The van der Waals surface area contributed by atoms with Crippen LogP contribution in [0.1, 0.15) is 37.3 Å². The first-order chi connectivity index (χ1) is 9.60. The first kappa shape index (κ1) is 15.7. The van der Waals surface area contributed by atoms with E-state index in [0.29, 0.717) is 6.04 Å². The smallest absolute Gasteiger partial charge is 0.185 e. The molecule has 1 aliphatic rings. The van der Waals surface area contributed by atoms with Crippen LogP contribution in [-0.2, 0) is 11.3 Å². The van der Waals surface area contributed by atoms with Crippen molar-refractivity contribution in [3.63, 3.8) is 0 Å². The summed E-state index contributed by atoms with van der Waals surface area (Å²) in [6.07, 6.45) is 2.43. The van der Waals surface area contributed by atoms with Crippen molar-refractivity contribution < 1.29 is 4.74 Å². The van der Waals surface area contributed by atoms with Crippen LogP contribution in [0.15, 0.2) is 0 Å². The van der Waals surface area contributed by atoms with Crippen molar-refractivity contribution in [2.75, 3.05) is 31.7 Å². The van der Waals surface area contributed by atoms with Gasteiger partial charge in [0.15, 0.2) is 5.13 Å². The monoisotopic (exact) mass is 297 g/mol. The summed E-state index contributed by atoms with van der Waals surface area (Å²) in [5.74, 6) is 0.722. The van der Waals surface area contributed by atoms with Gasteiger partial charge in [0.05, 0.1) is 5.69 Å². The van der Waals surface area contributed by atoms with E-state index in [2.05, 4.69) is 31.0 Å². The van der Waals surface area contributed by atoms with E-state index >= 15 is 0 Å². The van der Waals surface area contributed by atoms with Gasteiger partial charge in [-0.15, -0.1) is 11.3 Å². The molecule has 0 atom stereocenters. The number of hydrogen-bond acceptors (Lipinski definition) is 5. The number of piperidine rings is 1. The van der Waals surface area contributed by atoms with Crippen LogP contribution in [-0.4, -0.2) is 37.8 Å². The zero-order valence-corrected chi connectivity index (χ0v) is 13.9. The van der Waals surface area contributed by atoms with Gasteiger partial charge in [-0.3, -0.25) is 0 Å². The summed E-state index contributed by atoms with van der Waals surface area (Å²) in [7, 11) is 1.80. The third-order valence-corrected chi connectivity index (χ3v) is 5.06. The topological polar surface area (TPSA) is 37.4 Å². The van der Waals surface area contributed by atoms with Crippen LogP contribution in [0.25, 0.3) is 0 Å². The van der Waals surface area contributed by atoms with Crippen LogP contribution in [0.3, 0.4) is 0 Å². The second kappa shape index (κ2) is 7.38. The molecule has 5 heteroatoms. The van der Waals surface area contributed by atoms with Gasteiger partial charge in [-0.05, 0) is 25.7 Å². The minimum atomic E-state index is 0.518. The summed E-state index contributed by atoms with van der Waals surface area (Å²) in [6.45, 7) is 10.5. The van der Waals surface area contributed by atoms with Crippen molar-refractivity contribution in [3.8, 4) is 0 Å². The predicted molar refractivity (Wildman–Crippen MR) is 85.6 cm³/mol. The van der Waals surface area contributed by atoms with E-state index in [-0.39, 0.29) is 0 Å². The number of anilines is 1. The summed E-state index contributed by atoms with van der Waals surface area (Å²) < 4.78 is 5.26. The average Bonchev–Trinajstić information content (AvgIpc) is 2.79. The molecular weight excluding hydrogens is 270 g/mol. The first-order valence-electron chi connectivity index (χ1n) is 7.53. The van der Waals surface area contributed by atoms with Crippen LogP contribution in [0.4, 0.5) is 5.13 Å². The van der Waals surface area contributed by atoms with E-state index in [0.717, 1.165) is 32.2 Å². The average molecular weight is 297 g/mol. The molecule has 4 nitrogen and oxygen atoms in total. The summed E-state index contributed by atoms with van der Waals surface area (Å²) >= 11 is 1.84. The number of aryl methyl sites for hydroxylation is 1. The molecule has 1 fully saturated rings. The van der Waals surface area contributed by atoms with Gasteiger partial charge in [-0.25, -0.2) is 4.98 Å². The van der Waals surface area contributed by atoms with E-state index in [1.54, 1.807) is 7.11 Å². The Kier molecular flexibility index (Phi) is 5.81. The molecule has 0 saturated carbocycles. The molecule has 1 aromatic rings. The Morgan fingerprint density at radius 1 is 1.40 bits per heavy atom. The Hall–Kier alpha value is -0.650. The quantitative estimate of drug-likeness (QED) is 0.876. The molecule has 0 spiro atoms. The van der Waals surface area contributed by atoms with Crippen LogP contribution in [0, 0.1) is 12.8 Å². The van der Waals surface area contributed by atoms with Crippen molar-refractivity contribution in [1.29, 1.82) is 0 Å². The standard InChI is InChI=1S/C15H27N3OS/c1-11(2)16-9-14-12(3)17-15(20-14)18-7-5-13(6-8-18)10-19-4/h11,13,16H,5-10H2,1-4H3. The molecule has 114 valence electrons. The molecular formula is C15H27N3OS. The van der Waals surface area contributed by atoms with E-state index in [1.807, 2.05) is 11.3 Å². The molecule has 0 aromatic carbocycles. The third-order valence-electron chi connectivity index (χ3n) is 3.84. The molecule has 20 heavy (non-hydrogen) atoms. The summed E-state index contributed by atoms with van der Waals surface area (Å²) in [6, 6.07) is 0.518. The lowest BCUT2D eigenvalue weighted by atomic mass is 9.98. The second-order valence-corrected chi connectivity index (χ2v) is 6.99. The number of nitrogens with zero attached hydrogens (tertiary/aromatic N) is 2. The van der Waals surface area contributed by atoms with Gasteiger partial charge in [-0.2, -0.15) is 0 Å². The fourth-order valence-corrected chi connectivity index (χ4v) is 3.60. The number of methoxy groups -OCH3 is 1. The van der Waals surface area contributed by atoms with Gasteiger partial charge in [0, 0.05) is 44.3 Å². The second-order valence-electron chi connectivity index (χ2n) is 5.93. The molecule has 1 N–H and O–H groups in total. The SMILES string of the molecule is COCC1CCN(c2nc(C)c(CNC(C)C)s2)CC1. The fraction of sp³-hybridized carbons (Fsp3) is 0.800. The van der Waals surface area contributed by atoms with Gasteiger partial charge < -0.3 is 15.0 Å². The zero-order valence-electron chi connectivity index (χ0n) is 13.1. The molecule has 1 aromatic heterocycles. The molecule has 1 aliphatic heterocycles. The summed E-state index contributed by atoms with van der Waals surface area (Å²) in [5, 5.41) is 4.67. The highest BCUT2D eigenvalue weighted by molar-refractivity contribution is 7.15. The minimum Gasteiger partial charge on any atom is -0.384 e. The molecule has 2 rings (SSSR count). The number of nitrogens with one attached hydrogen (secondary N) is 1. The largest absolute Gasteiger partial charge is 0.384 e. The van der Waals surface area contributed by atoms with Crippen molar-refractivity contribution in [2.45, 2.75) is 46.2 Å². The minimum absolute atomic E-state index is 0.518. The Bertz CT molecular complexity index is 411. The number of thiazole rings is 1. The van der Waals surface area contributed by atoms with Crippen LogP contribution >= 0.6 is 11.3 Å². The number of aromatic nitrogens is 1. The number of hydrogen-bond donors (Lipinski definition) is 1. The maximum atomic E-state index is 5.26. The molecule has 2 heterocycles. The van der Waals surface area contributed by atoms with Crippen molar-refractivity contribution in [2.24, 2.45) is 5.92 Å². The highest BCUT2D eigenvalue weighted by atomic mass is 32.1. The zero-order chi connectivity index (χ0) is 14.5. The molecule has 0 unspecified atom stereocenters. The van der Waals surface area contributed by atoms with Gasteiger partial charge in [0.25, 0.3) is 0 Å². The Balaban J connectivity index is 1.91. The Labute approximate surface area is 126 Å². The van der Waals surface area contributed by atoms with Gasteiger partial charge in [0.1, 0.15) is 0 Å². The van der Waals surface area contributed by atoms with Gasteiger partial charge in [0.2, 0.25) is 0 Å². The normalized spacial score (nSPS) is 17.1. The molecule has 0 amide bonds. The van der Waals surface area contributed by atoms with Crippen LogP contribution in [0.5, 0.6) is 0 Å². The van der Waals surface area contributed by atoms with Crippen LogP contribution < -0.4 is 10.2 Å². The predicted octanol–water partition coefficient (Wildman–Crippen LogP) is 2.81. The Morgan fingerprint density at radius 3 is 2.70 bits per heavy atom. The van der Waals surface area contributed by atoms with Gasteiger partial charge in [-0.1, -0.05) is 13.8 Å². The summed E-state index contributed by atoms with van der Waals surface area (Å²) in [5.41, 5.74) is 1.18. The van der Waals surface area contributed by atoms with Crippen molar-refractivity contribution in [3.05, 3.63) is 10.6 Å². The van der Waals surface area contributed by atoms with E-state index in [4.69, 9.17) is 9.72 Å². The number of rotatable bonds is 6. The molecule has 1 saturated heterocycles. The maximum Gasteiger partial charge on any atom is 0.185 e. The molecule has 0 radical (unpaired) electrons. The maximum absolute atomic E-state index is 5.26. The van der Waals surface area contributed by atoms with E-state index in [9.17, 15) is 0 Å². The van der Waals surface area contributed by atoms with Crippen molar-refractivity contribution >= 4 is 16.5 Å². The fourth-order valence-electron chi connectivity index (χ4n) is 2.54. The lowest BCUT2D eigenvalue weighted by Gasteiger charge is -2.31. The third kappa shape index (κ3) is 4.17. The summed E-state index contributed by atoms with van der Waals surface area (Å²) in [4.78, 5) is 8.56. The van der Waals surface area contributed by atoms with E-state index < -0.39 is 0 Å². The van der Waals surface area contributed by atoms with Crippen LogP contribution in [0.2, 0.25) is 0 Å². The lowest BCUT2D eigenvalue weighted by Crippen LogP contribution is -2.34. The lowest BCUT2D eigenvalue weighted by molar-refractivity contribution is 0.139. The van der Waals surface area contributed by atoms with Crippen molar-refractivity contribution in [1.82, 2.24) is 10.3 Å². The molecule has 0 bridgehead atoms. The number of ether oxygens (including phenoxy) is 1. The first-order valence-corrected chi connectivity index (χ1v) is 8.35. The van der Waals surface area contributed by atoms with E-state index in [1.165, 1.54) is 28.5 Å². The Morgan fingerprint density at radius 2 is 2.10 bits per heavy atom. The van der Waals surface area contributed by atoms with Gasteiger partial charge >= 0.3 is 0 Å². The highest BCUT2D eigenvalue weighted by Gasteiger charge is 2.22.